The predicted octanol–water partition coefficient (Wildman–Crippen LogP) is 1.08. The van der Waals surface area contributed by atoms with Gasteiger partial charge in [0.2, 0.25) is 0 Å². The van der Waals surface area contributed by atoms with Gasteiger partial charge in [0.25, 0.3) is 0 Å². The number of methoxy groups -OCH3 is 1. The molecule has 1 aromatic heterocycles. The average Bonchev–Trinajstić information content (AvgIpc) is 2.68. The zero-order chi connectivity index (χ0) is 11.7. The van der Waals surface area contributed by atoms with Gasteiger partial charge in [-0.1, -0.05) is 6.07 Å². The van der Waals surface area contributed by atoms with Crippen LogP contribution >= 0.6 is 0 Å². The summed E-state index contributed by atoms with van der Waals surface area (Å²) in [4.78, 5) is 11.2. The smallest absolute Gasteiger partial charge is 0.339 e. The van der Waals surface area contributed by atoms with E-state index >= 15 is 0 Å². The van der Waals surface area contributed by atoms with E-state index in [1.54, 1.807) is 18.2 Å². The second-order valence-corrected chi connectivity index (χ2v) is 3.55. The number of nitrogens with zero attached hydrogens (tertiary/aromatic N) is 1. The summed E-state index contributed by atoms with van der Waals surface area (Å²) in [6.45, 7) is 1.88. The summed E-state index contributed by atoms with van der Waals surface area (Å²) in [6, 6.07) is 5.14. The van der Waals surface area contributed by atoms with Gasteiger partial charge in [-0.15, -0.1) is 0 Å². The number of hydrogen-bond acceptors (Lipinski definition) is 4. The molecule has 1 unspecified atom stereocenters. The fourth-order valence-electron chi connectivity index (χ4n) is 1.57. The minimum absolute atomic E-state index is 0.504. The van der Waals surface area contributed by atoms with Gasteiger partial charge in [0.1, 0.15) is 0 Å². The molecule has 1 heterocycles. The maximum absolute atomic E-state index is 11.2. The first-order valence-corrected chi connectivity index (χ1v) is 4.84. The lowest BCUT2D eigenvalue weighted by atomic mass is 10.1. The molecule has 0 saturated carbocycles. The third kappa shape index (κ3) is 1.65. The van der Waals surface area contributed by atoms with E-state index in [9.17, 15) is 9.90 Å². The van der Waals surface area contributed by atoms with Gasteiger partial charge in [-0.2, -0.15) is 5.10 Å². The molecule has 0 bridgehead atoms. The van der Waals surface area contributed by atoms with Crippen LogP contribution in [0.25, 0.3) is 10.9 Å². The van der Waals surface area contributed by atoms with E-state index in [1.165, 1.54) is 7.11 Å². The molecular weight excluding hydrogens is 208 g/mol. The van der Waals surface area contributed by atoms with Crippen LogP contribution in [0.15, 0.2) is 18.2 Å². The summed E-state index contributed by atoms with van der Waals surface area (Å²) in [6.07, 6.45) is -1.25. The van der Waals surface area contributed by atoms with Gasteiger partial charge in [0.05, 0.1) is 12.6 Å². The van der Waals surface area contributed by atoms with Crippen molar-refractivity contribution in [2.45, 2.75) is 13.0 Å². The Morgan fingerprint density at radius 1 is 1.56 bits per heavy atom. The van der Waals surface area contributed by atoms with Crippen LogP contribution in [0.4, 0.5) is 0 Å². The van der Waals surface area contributed by atoms with Crippen molar-refractivity contribution in [1.82, 2.24) is 10.2 Å². The number of carbonyl (C=O) groups is 1. The number of carbonyl (C=O) groups excluding carboxylic acids is 1. The quantitative estimate of drug-likeness (QED) is 0.742. The number of aryl methyl sites for hydroxylation is 1. The monoisotopic (exact) mass is 220 g/mol. The van der Waals surface area contributed by atoms with Crippen LogP contribution in [0.1, 0.15) is 17.4 Å². The topological polar surface area (TPSA) is 75.2 Å². The van der Waals surface area contributed by atoms with Crippen LogP contribution in [0.5, 0.6) is 0 Å². The molecule has 1 atom stereocenters. The van der Waals surface area contributed by atoms with E-state index in [0.29, 0.717) is 5.56 Å². The number of rotatable bonds is 2. The number of aromatic amines is 1. The highest BCUT2D eigenvalue weighted by Crippen LogP contribution is 2.21. The van der Waals surface area contributed by atoms with Crippen molar-refractivity contribution in [3.63, 3.8) is 0 Å². The molecule has 0 radical (unpaired) electrons. The average molecular weight is 220 g/mol. The first-order chi connectivity index (χ1) is 7.63. The van der Waals surface area contributed by atoms with Crippen molar-refractivity contribution in [3.05, 3.63) is 29.5 Å². The van der Waals surface area contributed by atoms with Crippen LogP contribution in [-0.2, 0) is 9.53 Å². The number of hydrogen-bond donors (Lipinski definition) is 2. The Bertz CT molecular complexity index is 533. The molecule has 84 valence electrons. The Balaban J connectivity index is 2.45. The maximum Gasteiger partial charge on any atom is 0.339 e. The maximum atomic E-state index is 11.2. The fourth-order valence-corrected chi connectivity index (χ4v) is 1.57. The fraction of sp³-hybridized carbons (Fsp3) is 0.273. The standard InChI is InChI=1S/C11H12N2O3/c1-6-8-5-7(10(14)11(15)16-2)3-4-9(8)13-12-6/h3-5,10,14H,1-2H3,(H,12,13). The third-order valence-corrected chi connectivity index (χ3v) is 2.51. The minimum Gasteiger partial charge on any atom is -0.467 e. The van der Waals surface area contributed by atoms with Crippen LogP contribution < -0.4 is 0 Å². The number of esters is 1. The Kier molecular flexibility index (Phi) is 2.62. The molecule has 0 aliphatic carbocycles. The van der Waals surface area contributed by atoms with E-state index in [-0.39, 0.29) is 0 Å². The highest BCUT2D eigenvalue weighted by atomic mass is 16.5. The van der Waals surface area contributed by atoms with Crippen LogP contribution in [0, 0.1) is 6.92 Å². The number of H-pyrrole nitrogens is 1. The van der Waals surface area contributed by atoms with Crippen molar-refractivity contribution in [3.8, 4) is 0 Å². The summed E-state index contributed by atoms with van der Waals surface area (Å²) < 4.78 is 4.48. The Morgan fingerprint density at radius 3 is 3.00 bits per heavy atom. The van der Waals surface area contributed by atoms with Gasteiger partial charge in [-0.05, 0) is 24.6 Å². The van der Waals surface area contributed by atoms with Crippen molar-refractivity contribution in [1.29, 1.82) is 0 Å². The molecule has 2 aromatic rings. The normalized spacial score (nSPS) is 12.7. The number of fused-ring (bicyclic) bond motifs is 1. The molecule has 5 nitrogen and oxygen atoms in total. The van der Waals surface area contributed by atoms with Crippen LogP contribution in [0.2, 0.25) is 0 Å². The number of nitrogens with one attached hydrogen (secondary N) is 1. The molecule has 0 spiro atoms. The largest absolute Gasteiger partial charge is 0.467 e. The molecule has 2 N–H and O–H groups in total. The van der Waals surface area contributed by atoms with Gasteiger partial charge in [0.15, 0.2) is 6.10 Å². The first kappa shape index (κ1) is 10.6. The zero-order valence-electron chi connectivity index (χ0n) is 9.02. The number of aliphatic hydroxyl groups excluding tert-OH is 1. The predicted molar refractivity (Wildman–Crippen MR) is 57.8 cm³/mol. The Morgan fingerprint density at radius 2 is 2.31 bits per heavy atom. The van der Waals surface area contributed by atoms with Crippen LogP contribution in [-0.4, -0.2) is 28.4 Å². The molecule has 0 fully saturated rings. The van der Waals surface area contributed by atoms with Gasteiger partial charge < -0.3 is 9.84 Å². The second kappa shape index (κ2) is 3.94. The SMILES string of the molecule is COC(=O)C(O)c1ccc2n[nH]c(C)c2c1. The Hall–Kier alpha value is -1.88. The van der Waals surface area contributed by atoms with Crippen molar-refractivity contribution >= 4 is 16.9 Å². The zero-order valence-corrected chi connectivity index (χ0v) is 9.02. The number of ether oxygens (including phenoxy) is 1. The first-order valence-electron chi connectivity index (χ1n) is 4.84. The van der Waals surface area contributed by atoms with E-state index in [0.717, 1.165) is 16.6 Å². The number of aromatic nitrogens is 2. The van der Waals surface area contributed by atoms with E-state index in [2.05, 4.69) is 14.9 Å². The number of benzene rings is 1. The minimum atomic E-state index is -1.25. The lowest BCUT2D eigenvalue weighted by Crippen LogP contribution is -2.13. The summed E-state index contributed by atoms with van der Waals surface area (Å²) in [5.74, 6) is -0.666. The van der Waals surface area contributed by atoms with Gasteiger partial charge in [0, 0.05) is 11.1 Å². The van der Waals surface area contributed by atoms with Gasteiger partial charge >= 0.3 is 5.97 Å². The molecule has 0 aliphatic rings. The molecule has 2 rings (SSSR count). The lowest BCUT2D eigenvalue weighted by Gasteiger charge is -2.08. The van der Waals surface area contributed by atoms with Gasteiger partial charge in [-0.25, -0.2) is 4.79 Å². The van der Waals surface area contributed by atoms with Crippen LogP contribution in [0.3, 0.4) is 0 Å². The molecule has 1 aromatic carbocycles. The van der Waals surface area contributed by atoms with Crippen molar-refractivity contribution < 1.29 is 14.6 Å². The van der Waals surface area contributed by atoms with E-state index < -0.39 is 12.1 Å². The molecular formula is C11H12N2O3. The third-order valence-electron chi connectivity index (χ3n) is 2.51. The number of aliphatic hydroxyl groups is 1. The highest BCUT2D eigenvalue weighted by Gasteiger charge is 2.18. The molecule has 16 heavy (non-hydrogen) atoms. The Labute approximate surface area is 92.0 Å². The summed E-state index contributed by atoms with van der Waals surface area (Å²) in [7, 11) is 1.24. The molecule has 0 saturated heterocycles. The van der Waals surface area contributed by atoms with Crippen molar-refractivity contribution in [2.75, 3.05) is 7.11 Å². The second-order valence-electron chi connectivity index (χ2n) is 3.55. The summed E-state index contributed by atoms with van der Waals surface area (Å²) in [5.41, 5.74) is 2.20. The molecule has 5 heteroatoms. The van der Waals surface area contributed by atoms with E-state index in [1.807, 2.05) is 6.92 Å². The summed E-state index contributed by atoms with van der Waals surface area (Å²) >= 11 is 0. The molecule has 0 amide bonds. The lowest BCUT2D eigenvalue weighted by molar-refractivity contribution is -0.150. The van der Waals surface area contributed by atoms with Crippen molar-refractivity contribution in [2.24, 2.45) is 0 Å². The summed E-state index contributed by atoms with van der Waals surface area (Å²) in [5, 5.41) is 17.5. The molecule has 0 aliphatic heterocycles. The van der Waals surface area contributed by atoms with Gasteiger partial charge in [-0.3, -0.25) is 5.10 Å². The highest BCUT2D eigenvalue weighted by molar-refractivity contribution is 5.84. The van der Waals surface area contributed by atoms with E-state index in [4.69, 9.17) is 0 Å².